The monoisotopic (exact) mass is 488 g/mol. The lowest BCUT2D eigenvalue weighted by Crippen LogP contribution is -2.48. The molecular weight excluding hydrogens is 456 g/mol. The van der Waals surface area contributed by atoms with Crippen molar-refractivity contribution in [2.24, 2.45) is 0 Å². The molecule has 1 saturated heterocycles. The van der Waals surface area contributed by atoms with Gasteiger partial charge in [-0.05, 0) is 52.0 Å². The number of ether oxygens (including phenoxy) is 2. The SMILES string of the molecule is COc1ccc(C(=O)N(CC(=O)Nc2nc(CC(=O)N3CC(C)OC(C)C3)cs2)C(C)C)cc1. The number of anilines is 1. The van der Waals surface area contributed by atoms with E-state index in [0.717, 1.165) is 0 Å². The number of benzene rings is 1. The molecule has 0 aliphatic carbocycles. The molecular formula is C24H32N4O5S. The molecule has 0 bridgehead atoms. The highest BCUT2D eigenvalue weighted by molar-refractivity contribution is 7.13. The van der Waals surface area contributed by atoms with Crippen LogP contribution in [-0.2, 0) is 20.7 Å². The Kier molecular flexibility index (Phi) is 8.62. The third kappa shape index (κ3) is 6.77. The Balaban J connectivity index is 1.57. The predicted molar refractivity (Wildman–Crippen MR) is 130 cm³/mol. The zero-order valence-electron chi connectivity index (χ0n) is 20.2. The molecule has 1 aliphatic rings. The van der Waals surface area contributed by atoms with Gasteiger partial charge in [-0.15, -0.1) is 11.3 Å². The van der Waals surface area contributed by atoms with Crippen molar-refractivity contribution in [1.29, 1.82) is 0 Å². The van der Waals surface area contributed by atoms with E-state index in [2.05, 4.69) is 10.3 Å². The summed E-state index contributed by atoms with van der Waals surface area (Å²) < 4.78 is 10.8. The van der Waals surface area contributed by atoms with Gasteiger partial charge in [-0.25, -0.2) is 4.98 Å². The van der Waals surface area contributed by atoms with E-state index in [1.54, 1.807) is 41.7 Å². The van der Waals surface area contributed by atoms with Crippen molar-refractivity contribution >= 4 is 34.2 Å². The largest absolute Gasteiger partial charge is 0.497 e. The van der Waals surface area contributed by atoms with Crippen molar-refractivity contribution in [1.82, 2.24) is 14.8 Å². The number of methoxy groups -OCH3 is 1. The summed E-state index contributed by atoms with van der Waals surface area (Å²) in [5, 5.41) is 4.92. The molecule has 0 radical (unpaired) electrons. The molecule has 1 N–H and O–H groups in total. The van der Waals surface area contributed by atoms with Crippen molar-refractivity contribution in [3.8, 4) is 5.75 Å². The minimum absolute atomic E-state index is 0.00233. The van der Waals surface area contributed by atoms with Crippen LogP contribution in [-0.4, -0.2) is 77.5 Å². The Hall–Kier alpha value is -2.98. The highest BCUT2D eigenvalue weighted by atomic mass is 32.1. The van der Waals surface area contributed by atoms with Gasteiger partial charge >= 0.3 is 0 Å². The van der Waals surface area contributed by atoms with Gasteiger partial charge < -0.3 is 24.6 Å². The molecule has 1 fully saturated rings. The van der Waals surface area contributed by atoms with E-state index >= 15 is 0 Å². The van der Waals surface area contributed by atoms with E-state index in [1.807, 2.05) is 27.7 Å². The lowest BCUT2D eigenvalue weighted by Gasteiger charge is -2.35. The molecule has 2 heterocycles. The summed E-state index contributed by atoms with van der Waals surface area (Å²) in [4.78, 5) is 45.9. The van der Waals surface area contributed by atoms with Crippen molar-refractivity contribution in [3.63, 3.8) is 0 Å². The Morgan fingerprint density at radius 1 is 1.21 bits per heavy atom. The van der Waals surface area contributed by atoms with E-state index in [4.69, 9.17) is 9.47 Å². The molecule has 34 heavy (non-hydrogen) atoms. The summed E-state index contributed by atoms with van der Waals surface area (Å²) in [6.07, 6.45) is 0.171. The molecule has 10 heteroatoms. The normalized spacial score (nSPS) is 18.0. The number of amides is 3. The summed E-state index contributed by atoms with van der Waals surface area (Å²) in [5.41, 5.74) is 1.08. The fraction of sp³-hybridized carbons (Fsp3) is 0.500. The maximum atomic E-state index is 12.9. The third-order valence-electron chi connectivity index (χ3n) is 5.44. The smallest absolute Gasteiger partial charge is 0.254 e. The highest BCUT2D eigenvalue weighted by Crippen LogP contribution is 2.19. The molecule has 2 unspecified atom stereocenters. The maximum absolute atomic E-state index is 12.9. The van der Waals surface area contributed by atoms with Crippen LogP contribution >= 0.6 is 11.3 Å². The fourth-order valence-electron chi connectivity index (χ4n) is 3.80. The zero-order chi connectivity index (χ0) is 24.8. The first-order chi connectivity index (χ1) is 16.2. The van der Waals surface area contributed by atoms with Crippen LogP contribution in [0.2, 0.25) is 0 Å². The molecule has 9 nitrogen and oxygen atoms in total. The number of thiazole rings is 1. The van der Waals surface area contributed by atoms with Crippen LogP contribution < -0.4 is 10.1 Å². The van der Waals surface area contributed by atoms with Crippen LogP contribution in [0.3, 0.4) is 0 Å². The average Bonchev–Trinajstić information content (AvgIpc) is 3.22. The first kappa shape index (κ1) is 25.6. The van der Waals surface area contributed by atoms with Crippen molar-refractivity contribution < 1.29 is 23.9 Å². The van der Waals surface area contributed by atoms with Crippen molar-refractivity contribution in [2.45, 2.75) is 52.4 Å². The lowest BCUT2D eigenvalue weighted by molar-refractivity contribution is -0.142. The summed E-state index contributed by atoms with van der Waals surface area (Å²) >= 11 is 1.26. The Morgan fingerprint density at radius 2 is 1.85 bits per heavy atom. The molecule has 3 amide bonds. The predicted octanol–water partition coefficient (Wildman–Crippen LogP) is 2.82. The summed E-state index contributed by atoms with van der Waals surface area (Å²) in [6, 6.07) is 6.59. The van der Waals surface area contributed by atoms with E-state index in [1.165, 1.54) is 16.2 Å². The number of morpholine rings is 1. The van der Waals surface area contributed by atoms with Gasteiger partial charge in [0.15, 0.2) is 5.13 Å². The first-order valence-corrected chi connectivity index (χ1v) is 12.2. The minimum Gasteiger partial charge on any atom is -0.497 e. The lowest BCUT2D eigenvalue weighted by atomic mass is 10.1. The quantitative estimate of drug-likeness (QED) is 0.613. The standard InChI is InChI=1S/C24H32N4O5S/c1-15(2)28(23(31)18-6-8-20(32-5)9-7-18)13-21(29)26-24-25-19(14-34-24)10-22(30)27-11-16(3)33-17(4)12-27/h6-9,14-17H,10-13H2,1-5H3,(H,25,26,29). The van der Waals surface area contributed by atoms with E-state index in [-0.39, 0.29) is 48.9 Å². The molecule has 0 spiro atoms. The van der Waals surface area contributed by atoms with Crippen LogP contribution in [0.1, 0.15) is 43.7 Å². The number of hydrogen-bond acceptors (Lipinski definition) is 7. The second-order valence-corrected chi connectivity index (χ2v) is 9.54. The molecule has 1 aromatic carbocycles. The summed E-state index contributed by atoms with van der Waals surface area (Å²) in [5.74, 6) is 0.0492. The van der Waals surface area contributed by atoms with Gasteiger partial charge in [0.05, 0.1) is 31.4 Å². The van der Waals surface area contributed by atoms with Crippen LogP contribution in [0.15, 0.2) is 29.6 Å². The van der Waals surface area contributed by atoms with Gasteiger partial charge in [-0.1, -0.05) is 0 Å². The summed E-state index contributed by atoms with van der Waals surface area (Å²) in [7, 11) is 1.56. The van der Waals surface area contributed by atoms with Crippen LogP contribution in [0.5, 0.6) is 5.75 Å². The topological polar surface area (TPSA) is 101 Å². The Bertz CT molecular complexity index is 997. The minimum atomic E-state index is -0.349. The molecule has 3 rings (SSSR count). The van der Waals surface area contributed by atoms with Crippen LogP contribution in [0, 0.1) is 0 Å². The van der Waals surface area contributed by atoms with E-state index < -0.39 is 0 Å². The van der Waals surface area contributed by atoms with Crippen molar-refractivity contribution in [3.05, 3.63) is 40.9 Å². The fourth-order valence-corrected chi connectivity index (χ4v) is 4.52. The second kappa shape index (κ2) is 11.4. The number of carbonyl (C=O) groups is 3. The van der Waals surface area contributed by atoms with E-state index in [0.29, 0.717) is 35.2 Å². The van der Waals surface area contributed by atoms with Crippen LogP contribution in [0.25, 0.3) is 0 Å². The maximum Gasteiger partial charge on any atom is 0.254 e. The number of aromatic nitrogens is 1. The molecule has 1 aliphatic heterocycles. The van der Waals surface area contributed by atoms with Gasteiger partial charge in [-0.2, -0.15) is 0 Å². The number of carbonyl (C=O) groups excluding carboxylic acids is 3. The number of nitrogens with zero attached hydrogens (tertiary/aromatic N) is 3. The van der Waals surface area contributed by atoms with Gasteiger partial charge in [0.25, 0.3) is 5.91 Å². The Morgan fingerprint density at radius 3 is 2.44 bits per heavy atom. The van der Waals surface area contributed by atoms with E-state index in [9.17, 15) is 14.4 Å². The second-order valence-electron chi connectivity index (χ2n) is 8.68. The molecule has 2 aromatic rings. The van der Waals surface area contributed by atoms with Gasteiger partial charge in [0.2, 0.25) is 11.8 Å². The third-order valence-corrected chi connectivity index (χ3v) is 6.24. The molecule has 0 saturated carbocycles. The van der Waals surface area contributed by atoms with Gasteiger partial charge in [-0.3, -0.25) is 14.4 Å². The highest BCUT2D eigenvalue weighted by Gasteiger charge is 2.26. The molecule has 184 valence electrons. The number of nitrogens with one attached hydrogen (secondary N) is 1. The molecule has 2 atom stereocenters. The summed E-state index contributed by atoms with van der Waals surface area (Å²) in [6.45, 7) is 8.62. The van der Waals surface area contributed by atoms with Gasteiger partial charge in [0, 0.05) is 30.1 Å². The van der Waals surface area contributed by atoms with Crippen molar-refractivity contribution in [2.75, 3.05) is 32.1 Å². The Labute approximate surface area is 204 Å². The van der Waals surface area contributed by atoms with Gasteiger partial charge in [0.1, 0.15) is 12.3 Å². The first-order valence-electron chi connectivity index (χ1n) is 11.3. The number of rotatable bonds is 8. The van der Waals surface area contributed by atoms with Crippen LogP contribution in [0.4, 0.5) is 5.13 Å². The average molecular weight is 489 g/mol. The number of hydrogen-bond donors (Lipinski definition) is 1. The zero-order valence-corrected chi connectivity index (χ0v) is 21.1. The molecule has 1 aromatic heterocycles.